The number of aromatic nitrogens is 3. The third-order valence-corrected chi connectivity index (χ3v) is 8.44. The SMILES string of the molecule is Cc1cc(CC(=O)Nc2cnn(C(C)(C)C)c2)ccc1Oc1ccnc2ccc(S(=O)(=O)CC3CC3)cc12. The van der Waals surface area contributed by atoms with Crippen LogP contribution in [0.25, 0.3) is 10.9 Å². The van der Waals surface area contributed by atoms with Crippen LogP contribution in [0.5, 0.6) is 11.5 Å². The number of anilines is 1. The molecule has 1 amide bonds. The number of nitrogens with zero attached hydrogens (tertiary/aromatic N) is 3. The van der Waals surface area contributed by atoms with Crippen molar-refractivity contribution in [3.63, 3.8) is 0 Å². The minimum Gasteiger partial charge on any atom is -0.456 e. The summed E-state index contributed by atoms with van der Waals surface area (Å²) in [5.41, 5.74) is 2.86. The van der Waals surface area contributed by atoms with Crippen LogP contribution in [0.3, 0.4) is 0 Å². The minimum absolute atomic E-state index is 0.133. The van der Waals surface area contributed by atoms with Gasteiger partial charge in [0.2, 0.25) is 5.91 Å². The molecular formula is C29H32N4O4S. The molecule has 5 rings (SSSR count). The monoisotopic (exact) mass is 532 g/mol. The predicted octanol–water partition coefficient (Wildman–Crippen LogP) is 5.65. The summed E-state index contributed by atoms with van der Waals surface area (Å²) in [4.78, 5) is 17.3. The Morgan fingerprint density at radius 3 is 2.58 bits per heavy atom. The summed E-state index contributed by atoms with van der Waals surface area (Å²) in [6, 6.07) is 12.3. The molecule has 1 fully saturated rings. The number of aryl methyl sites for hydroxylation is 1. The summed E-state index contributed by atoms with van der Waals surface area (Å²) < 4.78 is 33.7. The van der Waals surface area contributed by atoms with Gasteiger partial charge < -0.3 is 10.1 Å². The predicted molar refractivity (Wildman–Crippen MR) is 147 cm³/mol. The number of ether oxygens (including phenoxy) is 1. The van der Waals surface area contributed by atoms with E-state index < -0.39 is 9.84 Å². The van der Waals surface area contributed by atoms with Gasteiger partial charge in [0.05, 0.1) is 40.0 Å². The van der Waals surface area contributed by atoms with Crippen molar-refractivity contribution in [1.82, 2.24) is 14.8 Å². The fraction of sp³-hybridized carbons (Fsp3) is 0.345. The Morgan fingerprint density at radius 2 is 1.89 bits per heavy atom. The fourth-order valence-electron chi connectivity index (χ4n) is 4.27. The Balaban J connectivity index is 1.31. The number of sulfone groups is 1. The maximum absolute atomic E-state index is 12.8. The number of hydrogen-bond donors (Lipinski definition) is 1. The van der Waals surface area contributed by atoms with Crippen molar-refractivity contribution in [2.45, 2.75) is 57.4 Å². The number of benzene rings is 2. The van der Waals surface area contributed by atoms with E-state index in [-0.39, 0.29) is 29.5 Å². The Hall–Kier alpha value is -3.72. The summed E-state index contributed by atoms with van der Waals surface area (Å²) in [6.07, 6.45) is 7.27. The molecule has 0 radical (unpaired) electrons. The average molecular weight is 533 g/mol. The molecular weight excluding hydrogens is 500 g/mol. The molecule has 198 valence electrons. The number of amides is 1. The standard InChI is InChI=1S/C29H32N4O4S/c1-19-13-21(14-28(34)32-22-16-31-33(17-22)29(2,3)4)7-10-26(19)37-27-11-12-30-25-9-8-23(15-24(25)27)38(35,36)18-20-5-6-20/h7-13,15-17,20H,5-6,14,18H2,1-4H3,(H,32,34). The first-order valence-electron chi connectivity index (χ1n) is 12.7. The molecule has 1 saturated carbocycles. The zero-order valence-corrected chi connectivity index (χ0v) is 22.9. The maximum Gasteiger partial charge on any atom is 0.228 e. The smallest absolute Gasteiger partial charge is 0.228 e. The molecule has 0 saturated heterocycles. The number of fused-ring (bicyclic) bond motifs is 1. The Morgan fingerprint density at radius 1 is 1.11 bits per heavy atom. The second kappa shape index (κ2) is 9.87. The van der Waals surface area contributed by atoms with Gasteiger partial charge in [0, 0.05) is 17.8 Å². The Kier molecular flexibility index (Phi) is 6.73. The summed E-state index contributed by atoms with van der Waals surface area (Å²) in [7, 11) is -3.36. The van der Waals surface area contributed by atoms with Crippen LogP contribution in [-0.2, 0) is 26.6 Å². The van der Waals surface area contributed by atoms with Gasteiger partial charge in [-0.25, -0.2) is 8.42 Å². The third-order valence-electron chi connectivity index (χ3n) is 6.56. The molecule has 2 aromatic heterocycles. The molecule has 2 heterocycles. The van der Waals surface area contributed by atoms with Crippen molar-refractivity contribution >= 4 is 32.3 Å². The largest absolute Gasteiger partial charge is 0.456 e. The first-order valence-corrected chi connectivity index (χ1v) is 14.4. The zero-order valence-electron chi connectivity index (χ0n) is 22.1. The van der Waals surface area contributed by atoms with Crippen molar-refractivity contribution in [1.29, 1.82) is 0 Å². The van der Waals surface area contributed by atoms with Gasteiger partial charge in [0.25, 0.3) is 0 Å². The number of rotatable bonds is 8. The molecule has 0 aliphatic heterocycles. The lowest BCUT2D eigenvalue weighted by Gasteiger charge is -2.18. The van der Waals surface area contributed by atoms with E-state index in [4.69, 9.17) is 4.74 Å². The highest BCUT2D eigenvalue weighted by Crippen LogP contribution is 2.35. The minimum atomic E-state index is -3.36. The summed E-state index contributed by atoms with van der Waals surface area (Å²) in [6.45, 7) is 8.05. The number of carbonyl (C=O) groups excluding carboxylic acids is 1. The van der Waals surface area contributed by atoms with Crippen molar-refractivity contribution in [2.75, 3.05) is 11.1 Å². The lowest BCUT2D eigenvalue weighted by atomic mass is 10.1. The van der Waals surface area contributed by atoms with Gasteiger partial charge in [0.1, 0.15) is 11.5 Å². The van der Waals surface area contributed by atoms with Gasteiger partial charge in [-0.2, -0.15) is 5.10 Å². The zero-order chi connectivity index (χ0) is 27.1. The molecule has 4 aromatic rings. The molecule has 1 N–H and O–H groups in total. The van der Waals surface area contributed by atoms with Gasteiger partial charge in [0.15, 0.2) is 9.84 Å². The topological polar surface area (TPSA) is 103 Å². The van der Waals surface area contributed by atoms with E-state index in [1.165, 1.54) is 0 Å². The fourth-order valence-corrected chi connectivity index (χ4v) is 5.99. The van der Waals surface area contributed by atoms with Gasteiger partial charge in [-0.1, -0.05) is 12.1 Å². The van der Waals surface area contributed by atoms with E-state index in [1.807, 2.05) is 56.8 Å². The van der Waals surface area contributed by atoms with E-state index in [0.29, 0.717) is 33.0 Å². The second-order valence-electron chi connectivity index (χ2n) is 11.0. The van der Waals surface area contributed by atoms with E-state index in [9.17, 15) is 13.2 Å². The summed E-state index contributed by atoms with van der Waals surface area (Å²) in [5.74, 6) is 1.47. The lowest BCUT2D eigenvalue weighted by molar-refractivity contribution is -0.115. The molecule has 2 aromatic carbocycles. The van der Waals surface area contributed by atoms with Crippen molar-refractivity contribution in [3.05, 3.63) is 72.2 Å². The molecule has 0 bridgehead atoms. The van der Waals surface area contributed by atoms with E-state index in [1.54, 1.807) is 36.7 Å². The summed E-state index contributed by atoms with van der Waals surface area (Å²) in [5, 5.41) is 7.86. The molecule has 0 atom stereocenters. The van der Waals surface area contributed by atoms with Crippen molar-refractivity contribution < 1.29 is 17.9 Å². The molecule has 38 heavy (non-hydrogen) atoms. The van der Waals surface area contributed by atoms with Crippen molar-refractivity contribution in [2.24, 2.45) is 5.92 Å². The first-order chi connectivity index (χ1) is 18.0. The highest BCUT2D eigenvalue weighted by molar-refractivity contribution is 7.91. The molecule has 9 heteroatoms. The second-order valence-corrected chi connectivity index (χ2v) is 13.0. The first kappa shape index (κ1) is 25.9. The van der Waals surface area contributed by atoms with Crippen LogP contribution in [0.1, 0.15) is 44.7 Å². The van der Waals surface area contributed by atoms with Crippen LogP contribution in [0.2, 0.25) is 0 Å². The Labute approximate surface area is 223 Å². The third kappa shape index (κ3) is 5.88. The van der Waals surface area contributed by atoms with E-state index in [2.05, 4.69) is 15.4 Å². The number of carbonyl (C=O) groups is 1. The van der Waals surface area contributed by atoms with Crippen LogP contribution in [0, 0.1) is 12.8 Å². The van der Waals surface area contributed by atoms with Crippen LogP contribution >= 0.6 is 0 Å². The van der Waals surface area contributed by atoms with Crippen molar-refractivity contribution in [3.8, 4) is 11.5 Å². The van der Waals surface area contributed by atoms with Crippen LogP contribution < -0.4 is 10.1 Å². The molecule has 8 nitrogen and oxygen atoms in total. The molecule has 0 spiro atoms. The van der Waals surface area contributed by atoms with Crippen LogP contribution in [-0.4, -0.2) is 34.8 Å². The summed E-state index contributed by atoms with van der Waals surface area (Å²) >= 11 is 0. The molecule has 0 unspecified atom stereocenters. The average Bonchev–Trinajstić information content (AvgIpc) is 3.52. The number of nitrogens with one attached hydrogen (secondary N) is 1. The molecule has 1 aliphatic carbocycles. The quantitative estimate of drug-likeness (QED) is 0.314. The Bertz CT molecular complexity index is 1620. The van der Waals surface area contributed by atoms with E-state index in [0.717, 1.165) is 24.0 Å². The van der Waals surface area contributed by atoms with Crippen LogP contribution in [0.4, 0.5) is 5.69 Å². The number of pyridine rings is 1. The maximum atomic E-state index is 12.8. The molecule has 1 aliphatic rings. The van der Waals surface area contributed by atoms with Gasteiger partial charge in [-0.15, -0.1) is 0 Å². The van der Waals surface area contributed by atoms with Crippen LogP contribution in [0.15, 0.2) is 66.0 Å². The van der Waals surface area contributed by atoms with Gasteiger partial charge in [-0.3, -0.25) is 14.5 Å². The van der Waals surface area contributed by atoms with Gasteiger partial charge in [-0.05, 0) is 87.9 Å². The highest BCUT2D eigenvalue weighted by atomic mass is 32.2. The highest BCUT2D eigenvalue weighted by Gasteiger charge is 2.29. The number of hydrogen-bond acceptors (Lipinski definition) is 6. The lowest BCUT2D eigenvalue weighted by Crippen LogP contribution is -2.22. The normalized spacial score (nSPS) is 14.0. The van der Waals surface area contributed by atoms with Gasteiger partial charge >= 0.3 is 0 Å². The van der Waals surface area contributed by atoms with E-state index >= 15 is 0 Å².